The number of phenolic OH excluding ortho intramolecular Hbond substituents is 1. The highest BCUT2D eigenvalue weighted by atomic mass is 32.2. The first kappa shape index (κ1) is 27.8. The van der Waals surface area contributed by atoms with E-state index in [1.54, 1.807) is 26.0 Å². The number of rotatable bonds is 7. The van der Waals surface area contributed by atoms with Gasteiger partial charge in [-0.2, -0.15) is 8.42 Å². The second kappa shape index (κ2) is 10.5. The summed E-state index contributed by atoms with van der Waals surface area (Å²) in [7, 11) is -4.91. The van der Waals surface area contributed by atoms with Gasteiger partial charge in [-0.25, -0.2) is 9.59 Å². The summed E-state index contributed by atoms with van der Waals surface area (Å²) in [5.41, 5.74) is 5.72. The monoisotopic (exact) mass is 563 g/mol. The first-order valence-electron chi connectivity index (χ1n) is 11.4. The van der Waals surface area contributed by atoms with Crippen molar-refractivity contribution in [2.45, 2.75) is 18.7 Å². The van der Waals surface area contributed by atoms with Crippen LogP contribution in [0.25, 0.3) is 10.8 Å². The van der Waals surface area contributed by atoms with Gasteiger partial charge < -0.3 is 21.1 Å². The molecule has 40 heavy (non-hydrogen) atoms. The average Bonchev–Trinajstić information content (AvgIpc) is 2.87. The van der Waals surface area contributed by atoms with Crippen molar-refractivity contribution in [3.63, 3.8) is 0 Å². The van der Waals surface area contributed by atoms with Crippen molar-refractivity contribution in [3.05, 3.63) is 76.9 Å². The highest BCUT2D eigenvalue weighted by Gasteiger charge is 2.24. The number of phenols is 1. The molecule has 0 saturated carbocycles. The molecule has 14 heteroatoms. The number of carboxylic acid groups (broad SMARTS) is 2. The number of aromatic carboxylic acids is 2. The molecule has 0 aliphatic heterocycles. The molecule has 4 rings (SSSR count). The summed E-state index contributed by atoms with van der Waals surface area (Å²) >= 11 is 0. The Morgan fingerprint density at radius 3 is 2.02 bits per heavy atom. The van der Waals surface area contributed by atoms with Gasteiger partial charge in [-0.1, -0.05) is 23.8 Å². The topological polar surface area (TPSA) is 225 Å². The number of aromatic hydroxyl groups is 1. The summed E-state index contributed by atoms with van der Waals surface area (Å²) in [6.07, 6.45) is 0. The molecule has 0 unspecified atom stereocenters. The molecule has 4 aromatic carbocycles. The Balaban J connectivity index is 1.94. The molecule has 0 atom stereocenters. The number of nitrogen functional groups attached to an aromatic ring is 1. The molecule has 6 N–H and O–H groups in total. The van der Waals surface area contributed by atoms with Crippen LogP contribution in [0.4, 0.5) is 28.4 Å². The summed E-state index contributed by atoms with van der Waals surface area (Å²) in [5, 5.41) is 45.7. The van der Waals surface area contributed by atoms with E-state index in [1.165, 1.54) is 36.4 Å². The molecule has 0 saturated heterocycles. The SMILES string of the molecule is Cc1ccc(N=Nc2c(S(=O)(=O)O)cc3cc(C)c(N=Nc4ccccc4C(=O)O)c(O)c3c2N)c(C(=O)O)c1. The lowest BCUT2D eigenvalue weighted by Gasteiger charge is -2.14. The number of anilines is 1. The van der Waals surface area contributed by atoms with Crippen LogP contribution in [-0.2, 0) is 10.1 Å². The first-order chi connectivity index (χ1) is 18.8. The molecule has 0 heterocycles. The Morgan fingerprint density at radius 1 is 0.800 bits per heavy atom. The molecule has 0 aromatic heterocycles. The molecular weight excluding hydrogens is 542 g/mol. The van der Waals surface area contributed by atoms with Crippen LogP contribution in [0.2, 0.25) is 0 Å². The molecule has 0 fully saturated rings. The molecule has 0 spiro atoms. The predicted octanol–water partition coefficient (Wildman–Crippen LogP) is 6.22. The van der Waals surface area contributed by atoms with E-state index in [-0.39, 0.29) is 39.0 Å². The smallest absolute Gasteiger partial charge is 0.337 e. The number of carbonyl (C=O) groups is 2. The third-order valence-corrected chi connectivity index (χ3v) is 6.72. The number of carboxylic acids is 2. The summed E-state index contributed by atoms with van der Waals surface area (Å²) in [5.74, 6) is -3.05. The summed E-state index contributed by atoms with van der Waals surface area (Å²) in [6, 6.07) is 12.6. The third kappa shape index (κ3) is 5.34. The van der Waals surface area contributed by atoms with Gasteiger partial charge in [-0.15, -0.1) is 20.5 Å². The first-order valence-corrected chi connectivity index (χ1v) is 12.8. The standard InChI is InChI=1S/C26H21N5O8S/c1-12-7-8-18(16(9-12)26(35)36)29-31-23-19(40(37,38)39)11-14-10-13(2)22(24(32)20(14)21(23)27)30-28-17-6-4-3-5-15(17)25(33)34/h3-11,32H,27H2,1-2H3,(H,33,34)(H,35,36)(H,37,38,39). The minimum Gasteiger partial charge on any atom is -0.505 e. The highest BCUT2D eigenvalue weighted by Crippen LogP contribution is 2.47. The fourth-order valence-electron chi connectivity index (χ4n) is 3.96. The van der Waals surface area contributed by atoms with E-state index in [0.29, 0.717) is 11.1 Å². The van der Waals surface area contributed by atoms with Gasteiger partial charge in [0.1, 0.15) is 27.6 Å². The Labute approximate surface area is 226 Å². The molecule has 13 nitrogen and oxygen atoms in total. The van der Waals surface area contributed by atoms with E-state index in [4.69, 9.17) is 5.73 Å². The third-order valence-electron chi connectivity index (χ3n) is 5.85. The van der Waals surface area contributed by atoms with Crippen molar-refractivity contribution < 1.29 is 37.9 Å². The zero-order valence-electron chi connectivity index (χ0n) is 20.9. The summed E-state index contributed by atoms with van der Waals surface area (Å²) in [4.78, 5) is 22.4. The second-order valence-electron chi connectivity index (χ2n) is 8.65. The molecule has 0 radical (unpaired) electrons. The second-order valence-corrected chi connectivity index (χ2v) is 10.0. The molecule has 4 aromatic rings. The number of hydrogen-bond donors (Lipinski definition) is 5. The Hall–Kier alpha value is -5.21. The van der Waals surface area contributed by atoms with Crippen LogP contribution in [-0.4, -0.2) is 40.2 Å². The van der Waals surface area contributed by atoms with Crippen LogP contribution >= 0.6 is 0 Å². The quantitative estimate of drug-likeness (QED) is 0.0975. The lowest BCUT2D eigenvalue weighted by molar-refractivity contribution is 0.0686. The van der Waals surface area contributed by atoms with E-state index in [0.717, 1.165) is 6.07 Å². The lowest BCUT2D eigenvalue weighted by atomic mass is 10.0. The number of aryl methyl sites for hydroxylation is 2. The number of nitrogens with zero attached hydrogens (tertiary/aromatic N) is 4. The Bertz CT molecular complexity index is 1880. The Morgan fingerprint density at radius 2 is 1.40 bits per heavy atom. The number of benzene rings is 4. The zero-order valence-corrected chi connectivity index (χ0v) is 21.7. The van der Waals surface area contributed by atoms with Crippen molar-refractivity contribution in [2.75, 3.05) is 5.73 Å². The molecule has 0 amide bonds. The number of nitrogens with two attached hydrogens (primary N) is 1. The minimum absolute atomic E-state index is 0.0189. The lowest BCUT2D eigenvalue weighted by Crippen LogP contribution is -2.02. The highest BCUT2D eigenvalue weighted by molar-refractivity contribution is 7.86. The largest absolute Gasteiger partial charge is 0.505 e. The van der Waals surface area contributed by atoms with Crippen LogP contribution in [0.1, 0.15) is 31.8 Å². The van der Waals surface area contributed by atoms with Gasteiger partial charge in [0.05, 0.1) is 22.2 Å². The van der Waals surface area contributed by atoms with Crippen LogP contribution in [0.5, 0.6) is 5.75 Å². The van der Waals surface area contributed by atoms with Crippen molar-refractivity contribution in [3.8, 4) is 5.75 Å². The molecule has 0 aliphatic carbocycles. The van der Waals surface area contributed by atoms with Gasteiger partial charge in [0, 0.05) is 0 Å². The predicted molar refractivity (Wildman–Crippen MR) is 144 cm³/mol. The Kier molecular flexibility index (Phi) is 7.31. The zero-order chi connectivity index (χ0) is 29.4. The number of hydrogen-bond acceptors (Lipinski definition) is 10. The van der Waals surface area contributed by atoms with Crippen molar-refractivity contribution in [1.82, 2.24) is 0 Å². The van der Waals surface area contributed by atoms with E-state index in [1.807, 2.05) is 0 Å². The van der Waals surface area contributed by atoms with Gasteiger partial charge in [0.2, 0.25) is 0 Å². The molecular formula is C26H21N5O8S. The summed E-state index contributed by atoms with van der Waals surface area (Å²) in [6.45, 7) is 3.21. The van der Waals surface area contributed by atoms with Gasteiger partial charge in [0.15, 0.2) is 5.75 Å². The van der Waals surface area contributed by atoms with E-state index < -0.39 is 44.1 Å². The van der Waals surface area contributed by atoms with Crippen LogP contribution in [0.15, 0.2) is 79.9 Å². The van der Waals surface area contributed by atoms with E-state index in [2.05, 4.69) is 20.5 Å². The van der Waals surface area contributed by atoms with Crippen LogP contribution in [0.3, 0.4) is 0 Å². The molecule has 0 bridgehead atoms. The average molecular weight is 564 g/mol. The van der Waals surface area contributed by atoms with Crippen molar-refractivity contribution >= 4 is 61.3 Å². The molecule has 0 aliphatic rings. The van der Waals surface area contributed by atoms with E-state index in [9.17, 15) is 37.9 Å². The van der Waals surface area contributed by atoms with E-state index >= 15 is 0 Å². The maximum atomic E-state index is 12.2. The van der Waals surface area contributed by atoms with Crippen LogP contribution < -0.4 is 5.73 Å². The van der Waals surface area contributed by atoms with Gasteiger partial charge in [-0.3, -0.25) is 4.55 Å². The van der Waals surface area contributed by atoms with Crippen molar-refractivity contribution in [1.29, 1.82) is 0 Å². The van der Waals surface area contributed by atoms with Gasteiger partial charge in [0.25, 0.3) is 10.1 Å². The fraction of sp³-hybridized carbons (Fsp3) is 0.0769. The molecule has 204 valence electrons. The van der Waals surface area contributed by atoms with Crippen LogP contribution in [0, 0.1) is 13.8 Å². The van der Waals surface area contributed by atoms with Gasteiger partial charge >= 0.3 is 11.9 Å². The minimum atomic E-state index is -4.91. The number of fused-ring (bicyclic) bond motifs is 1. The fourth-order valence-corrected chi connectivity index (χ4v) is 4.63. The van der Waals surface area contributed by atoms with Crippen molar-refractivity contribution in [2.24, 2.45) is 20.5 Å². The van der Waals surface area contributed by atoms with Gasteiger partial charge in [-0.05, 0) is 61.2 Å². The normalized spacial score (nSPS) is 12.0. The summed E-state index contributed by atoms with van der Waals surface area (Å²) < 4.78 is 34.3. The number of azo groups is 2. The maximum Gasteiger partial charge on any atom is 0.337 e. The maximum absolute atomic E-state index is 12.2.